The summed E-state index contributed by atoms with van der Waals surface area (Å²) in [5.74, 6) is -0.735. The molecular formula is C16H13FO3. The molecule has 0 aliphatic carbocycles. The molecule has 0 amide bonds. The Bertz CT molecular complexity index is 628. The van der Waals surface area contributed by atoms with E-state index in [0.29, 0.717) is 16.9 Å². The zero-order valence-corrected chi connectivity index (χ0v) is 10.8. The molecule has 0 aliphatic heterocycles. The molecule has 0 unspecified atom stereocenters. The summed E-state index contributed by atoms with van der Waals surface area (Å²) in [5, 5.41) is 8.99. The number of carboxylic acid groups (broad SMARTS) is 1. The Morgan fingerprint density at radius 1 is 1.05 bits per heavy atom. The molecular weight excluding hydrogens is 259 g/mol. The van der Waals surface area contributed by atoms with Gasteiger partial charge >= 0.3 is 5.97 Å². The van der Waals surface area contributed by atoms with E-state index in [9.17, 15) is 9.18 Å². The van der Waals surface area contributed by atoms with E-state index in [2.05, 4.69) is 0 Å². The van der Waals surface area contributed by atoms with E-state index in [0.717, 1.165) is 11.6 Å². The highest BCUT2D eigenvalue weighted by Crippen LogP contribution is 2.25. The van der Waals surface area contributed by atoms with Crippen molar-refractivity contribution in [3.8, 4) is 5.75 Å². The van der Waals surface area contributed by atoms with Gasteiger partial charge in [-0.1, -0.05) is 24.3 Å². The van der Waals surface area contributed by atoms with E-state index >= 15 is 0 Å². The van der Waals surface area contributed by atoms with E-state index in [4.69, 9.17) is 9.84 Å². The highest BCUT2D eigenvalue weighted by atomic mass is 19.1. The normalized spacial score (nSPS) is 11.2. The van der Waals surface area contributed by atoms with Gasteiger partial charge in [0, 0.05) is 6.08 Å². The van der Waals surface area contributed by atoms with Gasteiger partial charge in [-0.25, -0.2) is 9.18 Å². The first-order valence-electron chi connectivity index (χ1n) is 5.95. The van der Waals surface area contributed by atoms with Crippen LogP contribution in [-0.4, -0.2) is 18.2 Å². The lowest BCUT2D eigenvalue weighted by atomic mass is 9.97. The fourth-order valence-corrected chi connectivity index (χ4v) is 1.86. The average molecular weight is 272 g/mol. The lowest BCUT2D eigenvalue weighted by Gasteiger charge is -2.08. The third kappa shape index (κ3) is 3.23. The molecule has 102 valence electrons. The quantitative estimate of drug-likeness (QED) is 0.868. The maximum Gasteiger partial charge on any atom is 0.328 e. The summed E-state index contributed by atoms with van der Waals surface area (Å²) in [6.07, 6.45) is 1.11. The molecule has 3 nitrogen and oxygen atoms in total. The van der Waals surface area contributed by atoms with Gasteiger partial charge in [-0.3, -0.25) is 0 Å². The molecule has 2 aromatic carbocycles. The molecule has 0 fully saturated rings. The van der Waals surface area contributed by atoms with Crippen LogP contribution in [0.15, 0.2) is 54.6 Å². The van der Waals surface area contributed by atoms with E-state index in [1.54, 1.807) is 43.5 Å². The van der Waals surface area contributed by atoms with E-state index in [-0.39, 0.29) is 5.82 Å². The Kier molecular flexibility index (Phi) is 4.15. The smallest absolute Gasteiger partial charge is 0.328 e. The van der Waals surface area contributed by atoms with Crippen molar-refractivity contribution in [2.75, 3.05) is 7.11 Å². The fraction of sp³-hybridized carbons (Fsp3) is 0.0625. The number of halogens is 1. The van der Waals surface area contributed by atoms with Crippen molar-refractivity contribution in [3.05, 3.63) is 71.6 Å². The third-order valence-electron chi connectivity index (χ3n) is 2.82. The monoisotopic (exact) mass is 272 g/mol. The summed E-state index contributed by atoms with van der Waals surface area (Å²) in [6, 6.07) is 12.7. The topological polar surface area (TPSA) is 46.5 Å². The Morgan fingerprint density at radius 2 is 1.55 bits per heavy atom. The van der Waals surface area contributed by atoms with Gasteiger partial charge < -0.3 is 9.84 Å². The first-order chi connectivity index (χ1) is 9.60. The number of carbonyl (C=O) groups is 1. The van der Waals surface area contributed by atoms with Crippen molar-refractivity contribution in [2.24, 2.45) is 0 Å². The molecule has 2 aromatic rings. The number of hydrogen-bond acceptors (Lipinski definition) is 2. The van der Waals surface area contributed by atoms with Gasteiger partial charge in [0.05, 0.1) is 7.11 Å². The predicted octanol–water partition coefficient (Wildman–Crippen LogP) is 3.35. The minimum Gasteiger partial charge on any atom is -0.497 e. The molecule has 0 bridgehead atoms. The van der Waals surface area contributed by atoms with Crippen LogP contribution in [-0.2, 0) is 4.79 Å². The van der Waals surface area contributed by atoms with Crippen molar-refractivity contribution < 1.29 is 19.0 Å². The van der Waals surface area contributed by atoms with Crippen LogP contribution in [0.2, 0.25) is 0 Å². The van der Waals surface area contributed by atoms with Crippen LogP contribution in [0.3, 0.4) is 0 Å². The SMILES string of the molecule is COc1ccc(/C(=C\C(=O)O)c2ccc(F)cc2)cc1. The molecule has 0 radical (unpaired) electrons. The molecule has 1 N–H and O–H groups in total. The van der Waals surface area contributed by atoms with E-state index in [1.165, 1.54) is 12.1 Å². The Morgan fingerprint density at radius 3 is 2.00 bits per heavy atom. The summed E-state index contributed by atoms with van der Waals surface area (Å²) in [4.78, 5) is 11.0. The lowest BCUT2D eigenvalue weighted by Crippen LogP contribution is -1.95. The molecule has 20 heavy (non-hydrogen) atoms. The maximum atomic E-state index is 13.0. The van der Waals surface area contributed by atoms with Crippen LogP contribution in [0, 0.1) is 5.82 Å². The second kappa shape index (κ2) is 6.02. The standard InChI is InChI=1S/C16H13FO3/c1-20-14-8-4-12(5-9-14)15(10-16(18)19)11-2-6-13(17)7-3-11/h2-10H,1H3,(H,18,19)/b15-10-. The minimum atomic E-state index is -1.06. The summed E-state index contributed by atoms with van der Waals surface area (Å²) in [6.45, 7) is 0. The summed E-state index contributed by atoms with van der Waals surface area (Å²) in [5.41, 5.74) is 1.87. The number of benzene rings is 2. The second-order valence-electron chi connectivity index (χ2n) is 4.13. The summed E-state index contributed by atoms with van der Waals surface area (Å²) in [7, 11) is 1.56. The van der Waals surface area contributed by atoms with Crippen LogP contribution < -0.4 is 4.74 Å². The van der Waals surface area contributed by atoms with E-state index < -0.39 is 5.97 Å². The van der Waals surface area contributed by atoms with Crippen molar-refractivity contribution >= 4 is 11.5 Å². The van der Waals surface area contributed by atoms with Gasteiger partial charge in [0.25, 0.3) is 0 Å². The Balaban J connectivity index is 2.47. The Hall–Kier alpha value is -2.62. The molecule has 0 heterocycles. The number of hydrogen-bond donors (Lipinski definition) is 1. The lowest BCUT2D eigenvalue weighted by molar-refractivity contribution is -0.131. The largest absolute Gasteiger partial charge is 0.497 e. The van der Waals surface area contributed by atoms with E-state index in [1.807, 2.05) is 0 Å². The maximum absolute atomic E-state index is 13.0. The zero-order chi connectivity index (χ0) is 14.5. The first kappa shape index (κ1) is 13.8. The highest BCUT2D eigenvalue weighted by Gasteiger charge is 2.08. The molecule has 0 spiro atoms. The molecule has 0 saturated heterocycles. The predicted molar refractivity (Wildman–Crippen MR) is 74.1 cm³/mol. The molecule has 4 heteroatoms. The summed E-state index contributed by atoms with van der Waals surface area (Å²) < 4.78 is 18.0. The van der Waals surface area contributed by atoms with Crippen LogP contribution in [0.1, 0.15) is 11.1 Å². The number of rotatable bonds is 4. The minimum absolute atomic E-state index is 0.363. The molecule has 0 aromatic heterocycles. The van der Waals surface area contributed by atoms with Crippen LogP contribution in [0.25, 0.3) is 5.57 Å². The molecule has 0 atom stereocenters. The van der Waals surface area contributed by atoms with Crippen molar-refractivity contribution in [1.29, 1.82) is 0 Å². The highest BCUT2D eigenvalue weighted by molar-refractivity contribution is 5.95. The van der Waals surface area contributed by atoms with Crippen LogP contribution in [0.4, 0.5) is 4.39 Å². The Labute approximate surface area is 115 Å². The van der Waals surface area contributed by atoms with Crippen molar-refractivity contribution in [2.45, 2.75) is 0 Å². The van der Waals surface area contributed by atoms with Crippen LogP contribution >= 0.6 is 0 Å². The number of methoxy groups -OCH3 is 1. The number of aliphatic carboxylic acids is 1. The average Bonchev–Trinajstić information content (AvgIpc) is 2.46. The van der Waals surface area contributed by atoms with Gasteiger partial charge in [0.15, 0.2) is 0 Å². The zero-order valence-electron chi connectivity index (χ0n) is 10.8. The fourth-order valence-electron chi connectivity index (χ4n) is 1.86. The first-order valence-corrected chi connectivity index (χ1v) is 5.95. The van der Waals surface area contributed by atoms with Crippen LogP contribution in [0.5, 0.6) is 5.75 Å². The van der Waals surface area contributed by atoms with Crippen molar-refractivity contribution in [1.82, 2.24) is 0 Å². The van der Waals surface area contributed by atoms with Gasteiger partial charge in [-0.2, -0.15) is 0 Å². The molecule has 0 aliphatic rings. The molecule has 2 rings (SSSR count). The number of ether oxygens (including phenoxy) is 1. The molecule has 0 saturated carbocycles. The van der Waals surface area contributed by atoms with Gasteiger partial charge in [-0.05, 0) is 41.0 Å². The summed E-state index contributed by atoms with van der Waals surface area (Å²) >= 11 is 0. The van der Waals surface area contributed by atoms with Gasteiger partial charge in [-0.15, -0.1) is 0 Å². The van der Waals surface area contributed by atoms with Crippen molar-refractivity contribution in [3.63, 3.8) is 0 Å². The van der Waals surface area contributed by atoms with Gasteiger partial charge in [0.1, 0.15) is 11.6 Å². The third-order valence-corrected chi connectivity index (χ3v) is 2.82. The van der Waals surface area contributed by atoms with Gasteiger partial charge in [0.2, 0.25) is 0 Å². The second-order valence-corrected chi connectivity index (χ2v) is 4.13. The number of carboxylic acids is 1.